The highest BCUT2D eigenvalue weighted by Crippen LogP contribution is 2.35. The number of benzene rings is 3. The van der Waals surface area contributed by atoms with E-state index in [0.717, 1.165) is 30.0 Å². The highest BCUT2D eigenvalue weighted by Gasteiger charge is 2.19. The van der Waals surface area contributed by atoms with Crippen LogP contribution in [0.25, 0.3) is 11.5 Å². The minimum atomic E-state index is 0.440. The van der Waals surface area contributed by atoms with Crippen molar-refractivity contribution in [1.29, 1.82) is 0 Å². The predicted octanol–water partition coefficient (Wildman–Crippen LogP) is 6.67. The molecule has 5 heteroatoms. The molecule has 0 saturated heterocycles. The summed E-state index contributed by atoms with van der Waals surface area (Å²) in [5.74, 6) is 0.505. The van der Waals surface area contributed by atoms with Crippen LogP contribution in [0.1, 0.15) is 25.0 Å². The van der Waals surface area contributed by atoms with Gasteiger partial charge in [-0.2, -0.15) is 0 Å². The summed E-state index contributed by atoms with van der Waals surface area (Å²) in [6.07, 6.45) is 0. The molecule has 0 fully saturated rings. The number of nitrogens with zero attached hydrogens (tertiary/aromatic N) is 4. The highest BCUT2D eigenvalue weighted by atomic mass is 16.4. The topological polar surface area (TPSA) is 45.4 Å². The zero-order chi connectivity index (χ0) is 21.8. The number of hydrogen-bond donors (Lipinski definition) is 0. The van der Waals surface area contributed by atoms with E-state index in [0.29, 0.717) is 11.9 Å². The fourth-order valence-electron chi connectivity index (χ4n) is 3.58. The minimum Gasteiger partial charge on any atom is -0.403 e. The molecule has 0 amide bonds. The van der Waals surface area contributed by atoms with Crippen molar-refractivity contribution in [3.8, 4) is 11.5 Å². The minimum absolute atomic E-state index is 0.440. The smallest absolute Gasteiger partial charge is 0.327 e. The molecule has 0 radical (unpaired) electrons. The van der Waals surface area contributed by atoms with Gasteiger partial charge in [-0.15, -0.1) is 5.10 Å². The zero-order valence-electron chi connectivity index (χ0n) is 18.5. The molecule has 0 N–H and O–H groups in total. The molecule has 0 aliphatic rings. The number of aromatic nitrogens is 2. The summed E-state index contributed by atoms with van der Waals surface area (Å²) in [6.45, 7) is 10.4. The first-order valence-corrected chi connectivity index (χ1v) is 10.7. The van der Waals surface area contributed by atoms with E-state index in [2.05, 4.69) is 103 Å². The first-order chi connectivity index (χ1) is 15.1. The Labute approximate surface area is 184 Å². The van der Waals surface area contributed by atoms with Crippen molar-refractivity contribution in [1.82, 2.24) is 10.2 Å². The molecule has 0 spiro atoms. The lowest BCUT2D eigenvalue weighted by molar-refractivity contribution is 0.575. The van der Waals surface area contributed by atoms with E-state index < -0.39 is 0 Å². The van der Waals surface area contributed by atoms with E-state index >= 15 is 0 Å². The first-order valence-electron chi connectivity index (χ1n) is 10.7. The van der Waals surface area contributed by atoms with Crippen LogP contribution in [0.3, 0.4) is 0 Å². The summed E-state index contributed by atoms with van der Waals surface area (Å²) in [7, 11) is 0. The van der Waals surface area contributed by atoms with Gasteiger partial charge in [0, 0.05) is 24.3 Å². The van der Waals surface area contributed by atoms with Crippen molar-refractivity contribution < 1.29 is 4.42 Å². The summed E-state index contributed by atoms with van der Waals surface area (Å²) in [4.78, 5) is 4.29. The van der Waals surface area contributed by atoms with Crippen molar-refractivity contribution in [3.63, 3.8) is 0 Å². The monoisotopic (exact) mass is 412 g/mol. The molecule has 0 bridgehead atoms. The van der Waals surface area contributed by atoms with Crippen LogP contribution < -0.4 is 9.80 Å². The molecule has 158 valence electrons. The summed E-state index contributed by atoms with van der Waals surface area (Å²) >= 11 is 0. The molecule has 4 rings (SSSR count). The van der Waals surface area contributed by atoms with Crippen LogP contribution in [0.5, 0.6) is 0 Å². The van der Waals surface area contributed by atoms with Gasteiger partial charge in [-0.25, -0.2) is 0 Å². The number of hydrogen-bond acceptors (Lipinski definition) is 5. The van der Waals surface area contributed by atoms with E-state index in [4.69, 9.17) is 4.42 Å². The Kier molecular flexibility index (Phi) is 6.03. The van der Waals surface area contributed by atoms with Gasteiger partial charge >= 0.3 is 6.01 Å². The Morgan fingerprint density at radius 1 is 0.645 bits per heavy atom. The van der Waals surface area contributed by atoms with E-state index in [1.165, 1.54) is 16.8 Å². The second kappa shape index (κ2) is 9.04. The summed E-state index contributed by atoms with van der Waals surface area (Å²) < 4.78 is 6.14. The van der Waals surface area contributed by atoms with Gasteiger partial charge in [0.25, 0.3) is 0 Å². The highest BCUT2D eigenvalue weighted by molar-refractivity contribution is 5.72. The fourth-order valence-corrected chi connectivity index (χ4v) is 3.58. The largest absolute Gasteiger partial charge is 0.403 e. The second-order valence-electron chi connectivity index (χ2n) is 7.62. The average molecular weight is 413 g/mol. The number of rotatable bonds is 7. The van der Waals surface area contributed by atoms with Gasteiger partial charge in [0.1, 0.15) is 0 Å². The fraction of sp³-hybridized carbons (Fsp3) is 0.231. The van der Waals surface area contributed by atoms with Gasteiger partial charge in [-0.1, -0.05) is 40.5 Å². The predicted molar refractivity (Wildman–Crippen MR) is 127 cm³/mol. The van der Waals surface area contributed by atoms with Crippen molar-refractivity contribution in [2.75, 3.05) is 22.9 Å². The van der Waals surface area contributed by atoms with E-state index in [9.17, 15) is 0 Å². The van der Waals surface area contributed by atoms with Crippen molar-refractivity contribution in [2.24, 2.45) is 0 Å². The SMILES string of the molecule is CCN(CC)c1ccc(-c2nnc(N(c3ccc(C)cc3)c3ccc(C)cc3)o2)cc1. The molecule has 0 atom stereocenters. The quantitative estimate of drug-likeness (QED) is 0.339. The third-order valence-electron chi connectivity index (χ3n) is 5.43. The van der Waals surface area contributed by atoms with Crippen LogP contribution in [0, 0.1) is 13.8 Å². The van der Waals surface area contributed by atoms with E-state index in [-0.39, 0.29) is 0 Å². The maximum absolute atomic E-state index is 6.14. The molecule has 0 aliphatic carbocycles. The molecule has 4 aromatic rings. The third kappa shape index (κ3) is 4.45. The maximum atomic E-state index is 6.14. The summed E-state index contributed by atoms with van der Waals surface area (Å²) in [6, 6.07) is 25.3. The summed E-state index contributed by atoms with van der Waals surface area (Å²) in [5, 5.41) is 8.72. The molecule has 5 nitrogen and oxygen atoms in total. The Morgan fingerprint density at radius 3 is 1.61 bits per heavy atom. The third-order valence-corrected chi connectivity index (χ3v) is 5.43. The van der Waals surface area contributed by atoms with Crippen LogP contribution in [-0.2, 0) is 0 Å². The lowest BCUT2D eigenvalue weighted by Crippen LogP contribution is -2.21. The van der Waals surface area contributed by atoms with Gasteiger partial charge < -0.3 is 9.32 Å². The summed E-state index contributed by atoms with van der Waals surface area (Å²) in [5.41, 5.74) is 6.44. The molecule has 3 aromatic carbocycles. The second-order valence-corrected chi connectivity index (χ2v) is 7.62. The van der Waals surface area contributed by atoms with Crippen LogP contribution >= 0.6 is 0 Å². The van der Waals surface area contributed by atoms with Crippen LogP contribution in [0.15, 0.2) is 77.2 Å². The molecular weight excluding hydrogens is 384 g/mol. The molecule has 0 aliphatic heterocycles. The zero-order valence-corrected chi connectivity index (χ0v) is 18.5. The van der Waals surface area contributed by atoms with Crippen molar-refractivity contribution in [3.05, 3.63) is 83.9 Å². The van der Waals surface area contributed by atoms with Crippen molar-refractivity contribution in [2.45, 2.75) is 27.7 Å². The van der Waals surface area contributed by atoms with E-state index in [1.807, 2.05) is 17.0 Å². The van der Waals surface area contributed by atoms with Gasteiger partial charge in [-0.05, 0) is 76.2 Å². The maximum Gasteiger partial charge on any atom is 0.327 e. The van der Waals surface area contributed by atoms with Crippen LogP contribution in [0.2, 0.25) is 0 Å². The molecule has 1 heterocycles. The van der Waals surface area contributed by atoms with Gasteiger partial charge in [-0.3, -0.25) is 4.90 Å². The van der Waals surface area contributed by atoms with Crippen molar-refractivity contribution >= 4 is 23.1 Å². The van der Waals surface area contributed by atoms with Gasteiger partial charge in [0.15, 0.2) is 0 Å². The Morgan fingerprint density at radius 2 is 1.13 bits per heavy atom. The van der Waals surface area contributed by atoms with E-state index in [1.54, 1.807) is 0 Å². The normalized spacial score (nSPS) is 10.8. The van der Waals surface area contributed by atoms with Gasteiger partial charge in [0.05, 0.1) is 11.4 Å². The molecule has 0 saturated carbocycles. The molecule has 1 aromatic heterocycles. The van der Waals surface area contributed by atoms with Crippen LogP contribution in [-0.4, -0.2) is 23.3 Å². The van der Waals surface area contributed by atoms with Crippen LogP contribution in [0.4, 0.5) is 23.1 Å². The number of anilines is 4. The first kappa shape index (κ1) is 20.7. The lowest BCUT2D eigenvalue weighted by atomic mass is 10.2. The Bertz CT molecular complexity index is 1070. The average Bonchev–Trinajstić information content (AvgIpc) is 3.28. The lowest BCUT2D eigenvalue weighted by Gasteiger charge is -2.21. The Balaban J connectivity index is 1.69. The number of aryl methyl sites for hydroxylation is 2. The standard InChI is InChI=1S/C26H28N4O/c1-5-29(6-2)22-17-11-21(12-18-22)25-27-28-26(31-25)30(23-13-7-19(3)8-14-23)24-15-9-20(4)10-16-24/h7-18H,5-6H2,1-4H3. The molecular formula is C26H28N4O. The van der Waals surface area contributed by atoms with Gasteiger partial charge in [0.2, 0.25) is 5.89 Å². The molecule has 31 heavy (non-hydrogen) atoms. The molecule has 0 unspecified atom stereocenters. The Hall–Kier alpha value is -3.60.